The van der Waals surface area contributed by atoms with Crippen molar-refractivity contribution in [2.45, 2.75) is 63.6 Å². The van der Waals surface area contributed by atoms with E-state index in [0.29, 0.717) is 6.54 Å². The van der Waals surface area contributed by atoms with Crippen molar-refractivity contribution >= 4 is 10.2 Å². The average Bonchev–Trinajstić information content (AvgIpc) is 3.38. The van der Waals surface area contributed by atoms with Crippen LogP contribution in [0.15, 0.2) is 30.3 Å². The predicted octanol–water partition coefficient (Wildman–Crippen LogP) is 3.16. The zero-order valence-electron chi connectivity index (χ0n) is 13.3. The highest BCUT2D eigenvalue weighted by atomic mass is 32.2. The molecule has 4 nitrogen and oxygen atoms in total. The molecule has 0 saturated heterocycles. The monoisotopic (exact) mass is 322 g/mol. The lowest BCUT2D eigenvalue weighted by Crippen LogP contribution is -2.47. The Morgan fingerprint density at radius 1 is 0.955 bits per heavy atom. The predicted molar refractivity (Wildman–Crippen MR) is 88.6 cm³/mol. The van der Waals surface area contributed by atoms with Gasteiger partial charge in [-0.05, 0) is 31.2 Å². The molecule has 5 heteroatoms. The minimum Gasteiger partial charge on any atom is -0.195 e. The first kappa shape index (κ1) is 16.0. The van der Waals surface area contributed by atoms with E-state index in [4.69, 9.17) is 0 Å². The Balaban J connectivity index is 1.77. The summed E-state index contributed by atoms with van der Waals surface area (Å²) < 4.78 is 29.5. The molecule has 0 amide bonds. The molecule has 2 saturated carbocycles. The molecule has 0 bridgehead atoms. The van der Waals surface area contributed by atoms with Gasteiger partial charge in [0, 0.05) is 25.7 Å². The van der Waals surface area contributed by atoms with Gasteiger partial charge in [0.15, 0.2) is 0 Å². The van der Waals surface area contributed by atoms with Gasteiger partial charge in [0.1, 0.15) is 0 Å². The van der Waals surface area contributed by atoms with E-state index >= 15 is 0 Å². The summed E-state index contributed by atoms with van der Waals surface area (Å²) in [7, 11) is -1.60. The Morgan fingerprint density at radius 2 is 1.59 bits per heavy atom. The fourth-order valence-electron chi connectivity index (χ4n) is 3.32. The van der Waals surface area contributed by atoms with Crippen LogP contribution in [0.1, 0.15) is 50.5 Å². The summed E-state index contributed by atoms with van der Waals surface area (Å²) >= 11 is 0. The minimum absolute atomic E-state index is 0.177. The summed E-state index contributed by atoms with van der Waals surface area (Å²) in [4.78, 5) is 0. The second-order valence-corrected chi connectivity index (χ2v) is 8.52. The van der Waals surface area contributed by atoms with Gasteiger partial charge in [0.05, 0.1) is 0 Å². The van der Waals surface area contributed by atoms with Gasteiger partial charge in [-0.3, -0.25) is 0 Å². The van der Waals surface area contributed by atoms with Crippen LogP contribution in [0.5, 0.6) is 0 Å². The van der Waals surface area contributed by atoms with E-state index in [1.54, 1.807) is 15.7 Å². The normalized spacial score (nSPS) is 20.7. The van der Waals surface area contributed by atoms with Crippen LogP contribution in [-0.2, 0) is 16.8 Å². The van der Waals surface area contributed by atoms with Gasteiger partial charge in [-0.25, -0.2) is 0 Å². The minimum atomic E-state index is -3.37. The molecule has 2 aliphatic carbocycles. The Morgan fingerprint density at radius 3 is 2.18 bits per heavy atom. The number of hydrogen-bond acceptors (Lipinski definition) is 2. The third kappa shape index (κ3) is 3.53. The standard InChI is InChI=1S/C17H26N2O2S/c1-18(16-10-6-3-7-11-16)22(20,21)19(17-12-13-17)14-15-8-4-2-5-9-15/h2,4-5,8-9,16-17H,3,6-7,10-14H2,1H3. The Kier molecular flexibility index (Phi) is 4.85. The number of benzene rings is 1. The third-order valence-electron chi connectivity index (χ3n) is 4.88. The molecule has 0 spiro atoms. The van der Waals surface area contributed by atoms with E-state index in [2.05, 4.69) is 0 Å². The molecule has 0 aromatic heterocycles. The maximum absolute atomic E-state index is 13.1. The fourth-order valence-corrected chi connectivity index (χ4v) is 5.14. The molecule has 3 rings (SSSR count). The van der Waals surface area contributed by atoms with Crippen LogP contribution in [0.25, 0.3) is 0 Å². The van der Waals surface area contributed by atoms with E-state index in [0.717, 1.165) is 44.1 Å². The fraction of sp³-hybridized carbons (Fsp3) is 0.647. The van der Waals surface area contributed by atoms with Crippen LogP contribution in [0.3, 0.4) is 0 Å². The number of hydrogen-bond donors (Lipinski definition) is 0. The van der Waals surface area contributed by atoms with Crippen molar-refractivity contribution in [2.24, 2.45) is 0 Å². The SMILES string of the molecule is CN(C1CCCCC1)S(=O)(=O)N(Cc1ccccc1)C1CC1. The summed E-state index contributed by atoms with van der Waals surface area (Å²) in [5, 5.41) is 0. The first-order valence-corrected chi connectivity index (χ1v) is 9.77. The largest absolute Gasteiger partial charge is 0.282 e. The van der Waals surface area contributed by atoms with Gasteiger partial charge in [-0.15, -0.1) is 0 Å². The van der Waals surface area contributed by atoms with Crippen LogP contribution >= 0.6 is 0 Å². The molecule has 22 heavy (non-hydrogen) atoms. The number of nitrogens with zero attached hydrogens (tertiary/aromatic N) is 2. The molecule has 1 aromatic rings. The molecule has 0 radical (unpaired) electrons. The van der Waals surface area contributed by atoms with Crippen molar-refractivity contribution in [3.8, 4) is 0 Å². The molecular weight excluding hydrogens is 296 g/mol. The molecule has 2 fully saturated rings. The Bertz CT molecular complexity index is 578. The maximum Gasteiger partial charge on any atom is 0.282 e. The average molecular weight is 322 g/mol. The zero-order valence-corrected chi connectivity index (χ0v) is 14.1. The van der Waals surface area contributed by atoms with E-state index in [-0.39, 0.29) is 12.1 Å². The van der Waals surface area contributed by atoms with Gasteiger partial charge < -0.3 is 0 Å². The molecule has 122 valence electrons. The third-order valence-corrected chi connectivity index (χ3v) is 6.93. The van der Waals surface area contributed by atoms with Crippen molar-refractivity contribution in [2.75, 3.05) is 7.05 Å². The topological polar surface area (TPSA) is 40.6 Å². The highest BCUT2D eigenvalue weighted by molar-refractivity contribution is 7.86. The lowest BCUT2D eigenvalue weighted by molar-refractivity contribution is 0.258. The second kappa shape index (κ2) is 6.69. The van der Waals surface area contributed by atoms with Crippen molar-refractivity contribution in [1.82, 2.24) is 8.61 Å². The van der Waals surface area contributed by atoms with Crippen LogP contribution < -0.4 is 0 Å². The molecule has 0 unspecified atom stereocenters. The molecule has 2 aliphatic rings. The van der Waals surface area contributed by atoms with Gasteiger partial charge in [-0.2, -0.15) is 17.0 Å². The van der Waals surface area contributed by atoms with Gasteiger partial charge in [0.25, 0.3) is 10.2 Å². The second-order valence-electron chi connectivity index (χ2n) is 6.58. The molecule has 1 aromatic carbocycles. The maximum atomic E-state index is 13.1. The van der Waals surface area contributed by atoms with E-state index in [1.165, 1.54) is 6.42 Å². The van der Waals surface area contributed by atoms with Crippen molar-refractivity contribution < 1.29 is 8.42 Å². The molecular formula is C17H26N2O2S. The first-order valence-electron chi connectivity index (χ1n) is 8.38. The summed E-state index contributed by atoms with van der Waals surface area (Å²) in [6.07, 6.45) is 7.51. The quantitative estimate of drug-likeness (QED) is 0.807. The smallest absolute Gasteiger partial charge is 0.195 e. The van der Waals surface area contributed by atoms with Crippen molar-refractivity contribution in [3.63, 3.8) is 0 Å². The van der Waals surface area contributed by atoms with Crippen LogP contribution in [0, 0.1) is 0 Å². The Labute approximate surface area is 134 Å². The van der Waals surface area contributed by atoms with Crippen LogP contribution in [0.2, 0.25) is 0 Å². The molecule has 0 atom stereocenters. The Hall–Kier alpha value is -0.910. The van der Waals surface area contributed by atoms with E-state index in [1.807, 2.05) is 30.3 Å². The summed E-state index contributed by atoms with van der Waals surface area (Å²) in [6.45, 7) is 0.491. The molecule has 0 N–H and O–H groups in total. The van der Waals surface area contributed by atoms with E-state index < -0.39 is 10.2 Å². The lowest BCUT2D eigenvalue weighted by atomic mass is 9.96. The van der Waals surface area contributed by atoms with Gasteiger partial charge in [-0.1, -0.05) is 49.6 Å². The summed E-state index contributed by atoms with van der Waals surface area (Å²) in [6, 6.07) is 10.3. The zero-order chi connectivity index (χ0) is 15.6. The van der Waals surface area contributed by atoms with Gasteiger partial charge in [0.2, 0.25) is 0 Å². The molecule has 0 aliphatic heterocycles. The number of rotatable bonds is 6. The highest BCUT2D eigenvalue weighted by Crippen LogP contribution is 2.33. The van der Waals surface area contributed by atoms with Crippen molar-refractivity contribution in [3.05, 3.63) is 35.9 Å². The first-order chi connectivity index (χ1) is 10.6. The van der Waals surface area contributed by atoms with E-state index in [9.17, 15) is 8.42 Å². The lowest BCUT2D eigenvalue weighted by Gasteiger charge is -2.34. The highest BCUT2D eigenvalue weighted by Gasteiger charge is 2.41. The van der Waals surface area contributed by atoms with Gasteiger partial charge >= 0.3 is 0 Å². The van der Waals surface area contributed by atoms with Crippen molar-refractivity contribution in [1.29, 1.82) is 0 Å². The summed E-state index contributed by atoms with van der Waals surface area (Å²) in [5.74, 6) is 0. The summed E-state index contributed by atoms with van der Waals surface area (Å²) in [5.41, 5.74) is 1.06. The van der Waals surface area contributed by atoms with Crippen LogP contribution in [0.4, 0.5) is 0 Å². The van der Waals surface area contributed by atoms with Crippen LogP contribution in [-0.4, -0.2) is 36.2 Å². The molecule has 0 heterocycles.